The molecule has 0 unspecified atom stereocenters. The van der Waals surface area contributed by atoms with E-state index in [1.165, 1.54) is 5.56 Å². The number of halogens is 1. The molecule has 1 aromatic rings. The first-order chi connectivity index (χ1) is 13.1. The van der Waals surface area contributed by atoms with Crippen LogP contribution in [0.1, 0.15) is 58.4 Å². The van der Waals surface area contributed by atoms with E-state index in [1.54, 1.807) is 7.11 Å². The highest BCUT2D eigenvalue weighted by Crippen LogP contribution is 2.50. The summed E-state index contributed by atoms with van der Waals surface area (Å²) in [7, 11) is 1.74. The van der Waals surface area contributed by atoms with Gasteiger partial charge in [0.2, 0.25) is 0 Å². The number of para-hydroxylation sites is 1. The number of benzene rings is 1. The predicted octanol–water partition coefficient (Wildman–Crippen LogP) is 4.09. The number of aliphatic imine (C=N–C) groups is 1. The van der Waals surface area contributed by atoms with E-state index in [0.717, 1.165) is 63.4 Å². The van der Waals surface area contributed by atoms with Crippen LogP contribution >= 0.6 is 24.0 Å². The van der Waals surface area contributed by atoms with Crippen LogP contribution in [0.25, 0.3) is 0 Å². The van der Waals surface area contributed by atoms with Crippen LogP contribution in [0.4, 0.5) is 0 Å². The van der Waals surface area contributed by atoms with E-state index in [4.69, 9.17) is 9.73 Å². The third kappa shape index (κ3) is 6.24. The van der Waals surface area contributed by atoms with E-state index in [-0.39, 0.29) is 41.4 Å². The Morgan fingerprint density at radius 1 is 1.18 bits per heavy atom. The molecule has 0 spiro atoms. The zero-order valence-electron chi connectivity index (χ0n) is 17.9. The van der Waals surface area contributed by atoms with Crippen molar-refractivity contribution in [2.24, 2.45) is 10.4 Å². The summed E-state index contributed by atoms with van der Waals surface area (Å²) in [5.41, 5.74) is 1.50. The SMILES string of the molecule is CCNC(=NCC(CC)(CC)CCO)NCC1(c2ccccc2OC)CC1.I. The Morgan fingerprint density at radius 2 is 1.86 bits per heavy atom. The lowest BCUT2D eigenvalue weighted by Crippen LogP contribution is -2.42. The van der Waals surface area contributed by atoms with Crippen molar-refractivity contribution >= 4 is 29.9 Å². The molecule has 0 aliphatic heterocycles. The lowest BCUT2D eigenvalue weighted by molar-refractivity contribution is 0.175. The normalized spacial score (nSPS) is 15.5. The van der Waals surface area contributed by atoms with Gasteiger partial charge in [-0.05, 0) is 50.5 Å². The van der Waals surface area contributed by atoms with Gasteiger partial charge in [-0.2, -0.15) is 0 Å². The minimum absolute atomic E-state index is 0. The van der Waals surface area contributed by atoms with Crippen LogP contribution < -0.4 is 15.4 Å². The number of nitrogens with zero attached hydrogens (tertiary/aromatic N) is 1. The van der Waals surface area contributed by atoms with Crippen LogP contribution in [0, 0.1) is 5.41 Å². The quantitative estimate of drug-likeness (QED) is 0.242. The van der Waals surface area contributed by atoms with Crippen molar-refractivity contribution in [3.05, 3.63) is 29.8 Å². The number of nitrogens with one attached hydrogen (secondary N) is 2. The number of methoxy groups -OCH3 is 1. The van der Waals surface area contributed by atoms with Crippen molar-refractivity contribution in [1.29, 1.82) is 0 Å². The van der Waals surface area contributed by atoms with Crippen LogP contribution in [-0.4, -0.2) is 44.4 Å². The molecular formula is C22H38IN3O2. The Kier molecular flexibility index (Phi) is 10.6. The Labute approximate surface area is 187 Å². The number of aliphatic hydroxyl groups is 1. The summed E-state index contributed by atoms with van der Waals surface area (Å²) in [6.45, 7) is 9.11. The molecule has 1 aliphatic rings. The van der Waals surface area contributed by atoms with Crippen molar-refractivity contribution in [2.75, 3.05) is 33.4 Å². The van der Waals surface area contributed by atoms with Gasteiger partial charge in [-0.25, -0.2) is 0 Å². The molecule has 1 aromatic carbocycles. The fraction of sp³-hybridized carbons (Fsp3) is 0.682. The van der Waals surface area contributed by atoms with Crippen LogP contribution in [0.15, 0.2) is 29.3 Å². The number of guanidine groups is 1. The average molecular weight is 503 g/mol. The second-order valence-corrected chi connectivity index (χ2v) is 7.71. The van der Waals surface area contributed by atoms with E-state index in [9.17, 15) is 5.11 Å². The second-order valence-electron chi connectivity index (χ2n) is 7.71. The van der Waals surface area contributed by atoms with Gasteiger partial charge in [0.15, 0.2) is 5.96 Å². The Bertz CT molecular complexity index is 614. The highest BCUT2D eigenvalue weighted by Gasteiger charge is 2.46. The zero-order chi connectivity index (χ0) is 19.8. The van der Waals surface area contributed by atoms with Gasteiger partial charge in [-0.3, -0.25) is 4.99 Å². The summed E-state index contributed by atoms with van der Waals surface area (Å²) in [4.78, 5) is 4.87. The first-order valence-corrected chi connectivity index (χ1v) is 10.3. The molecule has 6 heteroatoms. The van der Waals surface area contributed by atoms with Gasteiger partial charge in [0.05, 0.1) is 7.11 Å². The summed E-state index contributed by atoms with van der Waals surface area (Å²) < 4.78 is 5.58. The van der Waals surface area contributed by atoms with Gasteiger partial charge in [0, 0.05) is 37.2 Å². The van der Waals surface area contributed by atoms with E-state index < -0.39 is 0 Å². The molecule has 160 valence electrons. The van der Waals surface area contributed by atoms with E-state index in [0.29, 0.717) is 0 Å². The molecule has 1 fully saturated rings. The molecule has 28 heavy (non-hydrogen) atoms. The van der Waals surface area contributed by atoms with Crippen molar-refractivity contribution in [3.8, 4) is 5.75 Å². The molecule has 0 bridgehead atoms. The third-order valence-electron chi connectivity index (χ3n) is 6.19. The second kappa shape index (κ2) is 11.9. The molecule has 0 aromatic heterocycles. The van der Waals surface area contributed by atoms with Gasteiger partial charge >= 0.3 is 0 Å². The smallest absolute Gasteiger partial charge is 0.191 e. The molecule has 0 heterocycles. The first kappa shape index (κ1) is 25.0. The molecule has 0 saturated heterocycles. The van der Waals surface area contributed by atoms with Crippen molar-refractivity contribution in [3.63, 3.8) is 0 Å². The average Bonchev–Trinajstić information content (AvgIpc) is 3.50. The van der Waals surface area contributed by atoms with Gasteiger partial charge in [-0.1, -0.05) is 32.0 Å². The van der Waals surface area contributed by atoms with Crippen LogP contribution in [0.2, 0.25) is 0 Å². The van der Waals surface area contributed by atoms with Crippen LogP contribution in [0.3, 0.4) is 0 Å². The standard InChI is InChI=1S/C22H37N3O2.HI/c1-5-21(6-2,14-15-26)16-24-20(23-7-3)25-17-22(12-13-22)18-10-8-9-11-19(18)27-4;/h8-11,26H,5-7,12-17H2,1-4H3,(H2,23,24,25);1H. The van der Waals surface area contributed by atoms with Gasteiger partial charge < -0.3 is 20.5 Å². The Hall–Kier alpha value is -1.02. The fourth-order valence-corrected chi connectivity index (χ4v) is 3.76. The highest BCUT2D eigenvalue weighted by molar-refractivity contribution is 14.0. The van der Waals surface area contributed by atoms with E-state index in [2.05, 4.69) is 43.5 Å². The maximum absolute atomic E-state index is 9.43. The highest BCUT2D eigenvalue weighted by atomic mass is 127. The summed E-state index contributed by atoms with van der Waals surface area (Å²) in [5, 5.41) is 16.4. The summed E-state index contributed by atoms with van der Waals surface area (Å²) >= 11 is 0. The molecule has 0 atom stereocenters. The lowest BCUT2D eigenvalue weighted by Gasteiger charge is -2.29. The summed E-state index contributed by atoms with van der Waals surface area (Å²) in [6.07, 6.45) is 5.18. The number of hydrogen-bond donors (Lipinski definition) is 3. The van der Waals surface area contributed by atoms with Crippen LogP contribution in [0.5, 0.6) is 5.75 Å². The zero-order valence-corrected chi connectivity index (χ0v) is 20.2. The molecule has 5 nitrogen and oxygen atoms in total. The molecular weight excluding hydrogens is 465 g/mol. The minimum Gasteiger partial charge on any atom is -0.496 e. The van der Waals surface area contributed by atoms with Crippen molar-refractivity contribution in [1.82, 2.24) is 10.6 Å². The fourth-order valence-electron chi connectivity index (χ4n) is 3.76. The van der Waals surface area contributed by atoms with Gasteiger partial charge in [0.1, 0.15) is 5.75 Å². The van der Waals surface area contributed by atoms with Gasteiger partial charge in [0.25, 0.3) is 0 Å². The number of ether oxygens (including phenoxy) is 1. The predicted molar refractivity (Wildman–Crippen MR) is 128 cm³/mol. The lowest BCUT2D eigenvalue weighted by atomic mass is 9.79. The Morgan fingerprint density at radius 3 is 2.39 bits per heavy atom. The topological polar surface area (TPSA) is 65.9 Å². The first-order valence-electron chi connectivity index (χ1n) is 10.3. The van der Waals surface area contributed by atoms with Crippen LogP contribution in [-0.2, 0) is 5.41 Å². The van der Waals surface area contributed by atoms with Gasteiger partial charge in [-0.15, -0.1) is 24.0 Å². The number of rotatable bonds is 11. The molecule has 1 saturated carbocycles. The van der Waals surface area contributed by atoms with E-state index >= 15 is 0 Å². The number of aliphatic hydroxyl groups excluding tert-OH is 1. The molecule has 2 rings (SSSR count). The van der Waals surface area contributed by atoms with E-state index in [1.807, 2.05) is 12.1 Å². The maximum atomic E-state index is 9.43. The monoisotopic (exact) mass is 503 g/mol. The molecule has 0 radical (unpaired) electrons. The summed E-state index contributed by atoms with van der Waals surface area (Å²) in [6, 6.07) is 8.33. The maximum Gasteiger partial charge on any atom is 0.191 e. The molecule has 1 aliphatic carbocycles. The largest absolute Gasteiger partial charge is 0.496 e. The number of hydrogen-bond acceptors (Lipinski definition) is 3. The Balaban J connectivity index is 0.00000392. The van der Waals surface area contributed by atoms with Crippen molar-refractivity contribution in [2.45, 2.75) is 58.3 Å². The molecule has 0 amide bonds. The molecule has 3 N–H and O–H groups in total. The minimum atomic E-state index is 0. The third-order valence-corrected chi connectivity index (χ3v) is 6.19. The van der Waals surface area contributed by atoms with Crippen molar-refractivity contribution < 1.29 is 9.84 Å². The summed E-state index contributed by atoms with van der Waals surface area (Å²) in [5.74, 6) is 1.83.